The highest BCUT2D eigenvalue weighted by molar-refractivity contribution is 9.10. The SMILES string of the molecule is [N-]=[N+]=NC1COCc2c(Br)cncc21. The first-order valence-corrected chi connectivity index (χ1v) is 4.86. The molecule has 1 unspecified atom stereocenters. The van der Waals surface area contributed by atoms with Gasteiger partial charge in [0, 0.05) is 21.8 Å². The molecule has 1 aliphatic heterocycles. The van der Waals surface area contributed by atoms with Crippen LogP contribution in [-0.2, 0) is 11.3 Å². The van der Waals surface area contributed by atoms with Crippen LogP contribution in [0.1, 0.15) is 17.2 Å². The van der Waals surface area contributed by atoms with Gasteiger partial charge in [-0.15, -0.1) is 0 Å². The Kier molecular flexibility index (Phi) is 2.67. The number of halogens is 1. The van der Waals surface area contributed by atoms with Crippen LogP contribution < -0.4 is 0 Å². The van der Waals surface area contributed by atoms with Crippen molar-refractivity contribution < 1.29 is 4.74 Å². The molecule has 2 heterocycles. The van der Waals surface area contributed by atoms with Gasteiger partial charge in [-0.05, 0) is 32.6 Å². The molecular formula is C8H7BrN4O. The summed E-state index contributed by atoms with van der Waals surface area (Å²) in [6.45, 7) is 0.963. The summed E-state index contributed by atoms with van der Waals surface area (Å²) in [5.74, 6) is 0. The van der Waals surface area contributed by atoms with Gasteiger partial charge in [-0.1, -0.05) is 5.11 Å². The van der Waals surface area contributed by atoms with Crippen LogP contribution in [0.15, 0.2) is 22.0 Å². The van der Waals surface area contributed by atoms with Gasteiger partial charge in [0.15, 0.2) is 0 Å². The van der Waals surface area contributed by atoms with Crippen molar-refractivity contribution in [2.24, 2.45) is 5.11 Å². The molecule has 1 atom stereocenters. The van der Waals surface area contributed by atoms with Crippen LogP contribution in [0.5, 0.6) is 0 Å². The second kappa shape index (κ2) is 3.96. The number of ether oxygens (including phenoxy) is 1. The molecule has 0 amide bonds. The largest absolute Gasteiger partial charge is 0.376 e. The van der Waals surface area contributed by atoms with Crippen molar-refractivity contribution >= 4 is 15.9 Å². The maximum atomic E-state index is 8.38. The second-order valence-corrected chi connectivity index (χ2v) is 3.78. The Morgan fingerprint density at radius 3 is 3.29 bits per heavy atom. The Hall–Kier alpha value is -1.10. The third-order valence-electron chi connectivity index (χ3n) is 2.11. The van der Waals surface area contributed by atoms with Crippen LogP contribution >= 0.6 is 15.9 Å². The minimum atomic E-state index is -0.256. The van der Waals surface area contributed by atoms with E-state index >= 15 is 0 Å². The van der Waals surface area contributed by atoms with E-state index in [-0.39, 0.29) is 6.04 Å². The van der Waals surface area contributed by atoms with E-state index < -0.39 is 0 Å². The van der Waals surface area contributed by atoms with E-state index in [0.717, 1.165) is 15.6 Å². The summed E-state index contributed by atoms with van der Waals surface area (Å²) in [5, 5.41) is 3.66. The van der Waals surface area contributed by atoms with E-state index in [0.29, 0.717) is 13.2 Å². The lowest BCUT2D eigenvalue weighted by atomic mass is 10.0. The predicted octanol–water partition coefficient (Wildman–Crippen LogP) is 2.73. The number of rotatable bonds is 1. The quantitative estimate of drug-likeness (QED) is 0.439. The summed E-state index contributed by atoms with van der Waals surface area (Å²) in [6, 6.07) is -0.256. The smallest absolute Gasteiger partial charge is 0.0878 e. The molecule has 0 saturated heterocycles. The number of hydrogen-bond donors (Lipinski definition) is 0. The van der Waals surface area contributed by atoms with Gasteiger partial charge < -0.3 is 4.74 Å². The first kappa shape index (κ1) is 9.45. The van der Waals surface area contributed by atoms with Crippen LogP contribution in [-0.4, -0.2) is 11.6 Å². The van der Waals surface area contributed by atoms with E-state index in [9.17, 15) is 0 Å². The fourth-order valence-electron chi connectivity index (χ4n) is 1.44. The molecule has 0 fully saturated rings. The highest BCUT2D eigenvalue weighted by Crippen LogP contribution is 2.31. The van der Waals surface area contributed by atoms with Gasteiger partial charge in [-0.25, -0.2) is 0 Å². The zero-order chi connectivity index (χ0) is 9.97. The molecule has 6 heteroatoms. The molecule has 0 radical (unpaired) electrons. The molecule has 0 aliphatic carbocycles. The van der Waals surface area contributed by atoms with Crippen molar-refractivity contribution in [3.8, 4) is 0 Å². The molecule has 0 saturated carbocycles. The van der Waals surface area contributed by atoms with Crippen LogP contribution in [0.25, 0.3) is 10.4 Å². The Bertz CT molecular complexity index is 402. The molecule has 0 aromatic carbocycles. The highest BCUT2D eigenvalue weighted by Gasteiger charge is 2.21. The zero-order valence-corrected chi connectivity index (χ0v) is 8.81. The van der Waals surface area contributed by atoms with Crippen molar-refractivity contribution in [2.75, 3.05) is 6.61 Å². The van der Waals surface area contributed by atoms with E-state index in [4.69, 9.17) is 10.3 Å². The van der Waals surface area contributed by atoms with Gasteiger partial charge in [0.05, 0.1) is 19.3 Å². The van der Waals surface area contributed by atoms with Crippen molar-refractivity contribution in [3.05, 3.63) is 38.4 Å². The van der Waals surface area contributed by atoms with Gasteiger partial charge >= 0.3 is 0 Å². The summed E-state index contributed by atoms with van der Waals surface area (Å²) in [4.78, 5) is 6.83. The van der Waals surface area contributed by atoms with E-state index in [2.05, 4.69) is 30.9 Å². The molecule has 2 rings (SSSR count). The lowest BCUT2D eigenvalue weighted by Gasteiger charge is -2.22. The fourth-order valence-corrected chi connectivity index (χ4v) is 1.90. The summed E-state index contributed by atoms with van der Waals surface area (Å²) in [5.41, 5.74) is 10.3. The summed E-state index contributed by atoms with van der Waals surface area (Å²) < 4.78 is 6.22. The molecule has 14 heavy (non-hydrogen) atoms. The third-order valence-corrected chi connectivity index (χ3v) is 2.79. The van der Waals surface area contributed by atoms with Gasteiger partial charge in [0.25, 0.3) is 0 Å². The molecule has 0 bridgehead atoms. The monoisotopic (exact) mass is 254 g/mol. The average molecular weight is 255 g/mol. The predicted molar refractivity (Wildman–Crippen MR) is 53.5 cm³/mol. The second-order valence-electron chi connectivity index (χ2n) is 2.92. The molecule has 0 N–H and O–H groups in total. The Morgan fingerprint density at radius 2 is 2.50 bits per heavy atom. The maximum Gasteiger partial charge on any atom is 0.0878 e. The first-order chi connectivity index (χ1) is 6.83. The molecule has 0 spiro atoms. The van der Waals surface area contributed by atoms with Crippen molar-refractivity contribution in [3.63, 3.8) is 0 Å². The minimum Gasteiger partial charge on any atom is -0.376 e. The molecule has 5 nitrogen and oxygen atoms in total. The number of nitrogens with zero attached hydrogens (tertiary/aromatic N) is 4. The summed E-state index contributed by atoms with van der Waals surface area (Å²) in [7, 11) is 0. The number of pyridine rings is 1. The van der Waals surface area contributed by atoms with Crippen molar-refractivity contribution in [1.29, 1.82) is 0 Å². The van der Waals surface area contributed by atoms with Gasteiger partial charge in [0.2, 0.25) is 0 Å². The molecule has 1 aliphatic rings. The van der Waals surface area contributed by atoms with Crippen molar-refractivity contribution in [2.45, 2.75) is 12.6 Å². The summed E-state index contributed by atoms with van der Waals surface area (Å²) >= 11 is 3.38. The molecule has 1 aromatic rings. The van der Waals surface area contributed by atoms with E-state index in [1.807, 2.05) is 0 Å². The Labute approximate surface area is 88.9 Å². The van der Waals surface area contributed by atoms with Crippen LogP contribution in [0.3, 0.4) is 0 Å². The van der Waals surface area contributed by atoms with Gasteiger partial charge in [-0.3, -0.25) is 4.98 Å². The van der Waals surface area contributed by atoms with Crippen molar-refractivity contribution in [1.82, 2.24) is 4.98 Å². The lowest BCUT2D eigenvalue weighted by Crippen LogP contribution is -2.15. The first-order valence-electron chi connectivity index (χ1n) is 4.07. The molecular weight excluding hydrogens is 248 g/mol. The average Bonchev–Trinajstić information content (AvgIpc) is 2.20. The van der Waals surface area contributed by atoms with Crippen LogP contribution in [0.2, 0.25) is 0 Å². The maximum absolute atomic E-state index is 8.38. The van der Waals surface area contributed by atoms with E-state index in [1.165, 1.54) is 0 Å². The number of aromatic nitrogens is 1. The van der Waals surface area contributed by atoms with Gasteiger partial charge in [-0.2, -0.15) is 0 Å². The highest BCUT2D eigenvalue weighted by atomic mass is 79.9. The topological polar surface area (TPSA) is 70.9 Å². The minimum absolute atomic E-state index is 0.256. The lowest BCUT2D eigenvalue weighted by molar-refractivity contribution is 0.0917. The number of azide groups is 1. The molecule has 1 aromatic heterocycles. The van der Waals surface area contributed by atoms with E-state index in [1.54, 1.807) is 12.4 Å². The standard InChI is InChI=1S/C8H7BrN4O/c9-7-2-11-1-5-6(7)3-14-4-8(5)12-13-10/h1-2,8H,3-4H2. The van der Waals surface area contributed by atoms with Crippen LogP contribution in [0, 0.1) is 0 Å². The Balaban J connectivity index is 2.49. The summed E-state index contributed by atoms with van der Waals surface area (Å²) in [6.07, 6.45) is 3.43. The third kappa shape index (κ3) is 1.59. The fraction of sp³-hybridized carbons (Fsp3) is 0.375. The number of hydrogen-bond acceptors (Lipinski definition) is 3. The Morgan fingerprint density at radius 1 is 1.64 bits per heavy atom. The zero-order valence-electron chi connectivity index (χ0n) is 7.22. The number of fused-ring (bicyclic) bond motifs is 1. The normalized spacial score (nSPS) is 19.6. The molecule has 72 valence electrons. The van der Waals surface area contributed by atoms with Crippen LogP contribution in [0.4, 0.5) is 0 Å². The van der Waals surface area contributed by atoms with Gasteiger partial charge in [0.1, 0.15) is 0 Å².